The first kappa shape index (κ1) is 9.52. The first-order chi connectivity index (χ1) is 6.65. The molecule has 1 aliphatic rings. The molecular formula is C10H11NO2S. The van der Waals surface area contributed by atoms with Gasteiger partial charge < -0.3 is 0 Å². The zero-order valence-electron chi connectivity index (χ0n) is 7.95. The van der Waals surface area contributed by atoms with Crippen LogP contribution >= 0.6 is 11.3 Å². The molecule has 1 aromatic rings. The summed E-state index contributed by atoms with van der Waals surface area (Å²) < 4.78 is 0. The zero-order valence-corrected chi connectivity index (χ0v) is 8.76. The van der Waals surface area contributed by atoms with Crippen molar-refractivity contribution in [3.05, 3.63) is 16.1 Å². The van der Waals surface area contributed by atoms with Crippen LogP contribution in [0.1, 0.15) is 35.9 Å². The fourth-order valence-corrected chi connectivity index (χ4v) is 2.46. The summed E-state index contributed by atoms with van der Waals surface area (Å²) in [5.41, 5.74) is 0.911. The van der Waals surface area contributed by atoms with Crippen molar-refractivity contribution in [2.75, 3.05) is 0 Å². The van der Waals surface area contributed by atoms with Crippen molar-refractivity contribution in [3.63, 3.8) is 0 Å². The van der Waals surface area contributed by atoms with Crippen LogP contribution in [-0.4, -0.2) is 16.6 Å². The predicted octanol–water partition coefficient (Wildman–Crippen LogP) is 1.86. The van der Waals surface area contributed by atoms with Gasteiger partial charge >= 0.3 is 0 Å². The second-order valence-corrected chi connectivity index (χ2v) is 4.71. The first-order valence-corrected chi connectivity index (χ1v) is 5.48. The van der Waals surface area contributed by atoms with Gasteiger partial charge in [0.15, 0.2) is 0 Å². The quantitative estimate of drug-likeness (QED) is 0.663. The highest BCUT2D eigenvalue weighted by molar-refractivity contribution is 7.09. The number of hydrogen-bond acceptors (Lipinski definition) is 4. The van der Waals surface area contributed by atoms with E-state index in [0.29, 0.717) is 12.8 Å². The van der Waals surface area contributed by atoms with Gasteiger partial charge in [-0.2, -0.15) is 0 Å². The fourth-order valence-electron chi connectivity index (χ4n) is 1.76. The minimum atomic E-state index is 0.0358. The van der Waals surface area contributed by atoms with Gasteiger partial charge in [-0.15, -0.1) is 11.3 Å². The first-order valence-electron chi connectivity index (χ1n) is 4.60. The smallest absolute Gasteiger partial charge is 0.140 e. The number of carbonyl (C=O) groups excluding carboxylic acids is 2. The normalized spacial score (nSPS) is 18.9. The van der Waals surface area contributed by atoms with Crippen LogP contribution in [0.25, 0.3) is 0 Å². The lowest BCUT2D eigenvalue weighted by molar-refractivity contribution is -0.130. The van der Waals surface area contributed by atoms with Crippen molar-refractivity contribution in [2.24, 2.45) is 0 Å². The maximum atomic E-state index is 11.2. The van der Waals surface area contributed by atoms with Crippen LogP contribution in [-0.2, 0) is 9.59 Å². The molecular weight excluding hydrogens is 198 g/mol. The van der Waals surface area contributed by atoms with Crippen LogP contribution < -0.4 is 0 Å². The van der Waals surface area contributed by atoms with E-state index in [-0.39, 0.29) is 23.9 Å². The van der Waals surface area contributed by atoms with Gasteiger partial charge in [0.05, 0.1) is 17.1 Å². The van der Waals surface area contributed by atoms with Gasteiger partial charge in [0, 0.05) is 24.1 Å². The Labute approximate surface area is 86.2 Å². The van der Waals surface area contributed by atoms with Gasteiger partial charge in [-0.1, -0.05) is 0 Å². The molecule has 2 rings (SSSR count). The van der Waals surface area contributed by atoms with E-state index in [1.54, 1.807) is 11.3 Å². The predicted molar refractivity (Wildman–Crippen MR) is 53.5 cm³/mol. The van der Waals surface area contributed by atoms with Crippen LogP contribution in [0.2, 0.25) is 0 Å². The largest absolute Gasteiger partial charge is 0.299 e. The second kappa shape index (κ2) is 3.61. The molecule has 0 N–H and O–H groups in total. The molecule has 1 heterocycles. The fraction of sp³-hybridized carbons (Fsp3) is 0.500. The monoisotopic (exact) mass is 209 g/mol. The molecule has 0 aromatic carbocycles. The molecule has 0 amide bonds. The summed E-state index contributed by atoms with van der Waals surface area (Å²) >= 11 is 1.57. The van der Waals surface area contributed by atoms with Crippen molar-refractivity contribution in [2.45, 2.75) is 32.1 Å². The van der Waals surface area contributed by atoms with Crippen LogP contribution in [0.5, 0.6) is 0 Å². The number of nitrogens with zero attached hydrogens (tertiary/aromatic N) is 1. The van der Waals surface area contributed by atoms with Crippen LogP contribution in [0.3, 0.4) is 0 Å². The molecule has 74 valence electrons. The Morgan fingerprint density at radius 3 is 2.50 bits per heavy atom. The summed E-state index contributed by atoms with van der Waals surface area (Å²) in [5.74, 6) is 0.141. The summed E-state index contributed by atoms with van der Waals surface area (Å²) in [6, 6.07) is 0. The van der Waals surface area contributed by atoms with Gasteiger partial charge in [-0.25, -0.2) is 4.98 Å². The topological polar surface area (TPSA) is 47.0 Å². The average Bonchev–Trinajstić information content (AvgIpc) is 2.50. The Morgan fingerprint density at radius 1 is 1.36 bits per heavy atom. The number of hydrogen-bond donors (Lipinski definition) is 0. The van der Waals surface area contributed by atoms with E-state index in [4.69, 9.17) is 0 Å². The highest BCUT2D eigenvalue weighted by Gasteiger charge is 2.27. The minimum absolute atomic E-state index is 0.0358. The molecule has 0 unspecified atom stereocenters. The number of aryl methyl sites for hydroxylation is 1. The molecule has 4 heteroatoms. The Morgan fingerprint density at radius 2 is 2.00 bits per heavy atom. The third kappa shape index (κ3) is 1.90. The molecule has 3 nitrogen and oxygen atoms in total. The highest BCUT2D eigenvalue weighted by atomic mass is 32.1. The van der Waals surface area contributed by atoms with E-state index in [1.165, 1.54) is 0 Å². The van der Waals surface area contributed by atoms with Crippen LogP contribution in [0.15, 0.2) is 5.38 Å². The molecule has 1 saturated carbocycles. The molecule has 0 spiro atoms. The van der Waals surface area contributed by atoms with E-state index in [9.17, 15) is 9.59 Å². The molecule has 0 atom stereocenters. The molecule has 1 aliphatic carbocycles. The minimum Gasteiger partial charge on any atom is -0.299 e. The maximum Gasteiger partial charge on any atom is 0.140 e. The van der Waals surface area contributed by atoms with E-state index in [1.807, 2.05) is 12.3 Å². The average molecular weight is 209 g/mol. The van der Waals surface area contributed by atoms with Crippen molar-refractivity contribution in [1.82, 2.24) is 4.98 Å². The Kier molecular flexibility index (Phi) is 2.46. The van der Waals surface area contributed by atoms with E-state index >= 15 is 0 Å². The van der Waals surface area contributed by atoms with Gasteiger partial charge in [0.25, 0.3) is 0 Å². The summed E-state index contributed by atoms with van der Waals surface area (Å²) in [7, 11) is 0. The Balaban J connectivity index is 2.18. The molecule has 0 bridgehead atoms. The number of thiazole rings is 1. The zero-order chi connectivity index (χ0) is 10.1. The standard InChI is InChI=1S/C10H11NO2S/c1-6-11-10(5-14-6)7-2-8(12)4-9(13)3-7/h5,7H,2-4H2,1H3. The number of ketones is 2. The van der Waals surface area contributed by atoms with E-state index in [2.05, 4.69) is 4.98 Å². The Hall–Kier alpha value is -1.03. The van der Waals surface area contributed by atoms with Gasteiger partial charge in [-0.3, -0.25) is 9.59 Å². The molecule has 0 aliphatic heterocycles. The number of rotatable bonds is 1. The molecule has 14 heavy (non-hydrogen) atoms. The summed E-state index contributed by atoms with van der Waals surface area (Å²) in [4.78, 5) is 26.8. The van der Waals surface area contributed by atoms with Crippen molar-refractivity contribution in [1.29, 1.82) is 0 Å². The molecule has 1 fully saturated rings. The molecule has 0 radical (unpaired) electrons. The number of Topliss-reactive ketones (excluding diaryl/α,β-unsaturated/α-hetero) is 2. The molecule has 1 aromatic heterocycles. The molecule has 0 saturated heterocycles. The van der Waals surface area contributed by atoms with Crippen molar-refractivity contribution in [3.8, 4) is 0 Å². The van der Waals surface area contributed by atoms with Gasteiger partial charge in [0.1, 0.15) is 11.6 Å². The van der Waals surface area contributed by atoms with Gasteiger partial charge in [0.2, 0.25) is 0 Å². The summed E-state index contributed by atoms with van der Waals surface area (Å²) in [6.07, 6.45) is 1.09. The maximum absolute atomic E-state index is 11.2. The summed E-state index contributed by atoms with van der Waals surface area (Å²) in [6.45, 7) is 1.93. The lowest BCUT2D eigenvalue weighted by Gasteiger charge is -2.17. The van der Waals surface area contributed by atoms with Gasteiger partial charge in [-0.05, 0) is 6.92 Å². The number of aromatic nitrogens is 1. The number of carbonyl (C=O) groups is 2. The lowest BCUT2D eigenvalue weighted by atomic mass is 9.86. The van der Waals surface area contributed by atoms with E-state index in [0.717, 1.165) is 10.7 Å². The summed E-state index contributed by atoms with van der Waals surface area (Å²) in [5, 5.41) is 2.94. The van der Waals surface area contributed by atoms with E-state index < -0.39 is 0 Å². The SMILES string of the molecule is Cc1nc(C2CC(=O)CC(=O)C2)cs1. The van der Waals surface area contributed by atoms with Crippen molar-refractivity contribution >= 4 is 22.9 Å². The van der Waals surface area contributed by atoms with Crippen LogP contribution in [0.4, 0.5) is 0 Å². The second-order valence-electron chi connectivity index (χ2n) is 3.65. The van der Waals surface area contributed by atoms with Crippen LogP contribution in [0, 0.1) is 6.92 Å². The Bertz CT molecular complexity index is 367. The lowest BCUT2D eigenvalue weighted by Crippen LogP contribution is -2.21. The van der Waals surface area contributed by atoms with Crippen molar-refractivity contribution < 1.29 is 9.59 Å². The third-order valence-electron chi connectivity index (χ3n) is 2.40. The highest BCUT2D eigenvalue weighted by Crippen LogP contribution is 2.29. The third-order valence-corrected chi connectivity index (χ3v) is 3.19.